The van der Waals surface area contributed by atoms with Crippen molar-refractivity contribution >= 4 is 5.69 Å². The zero-order chi connectivity index (χ0) is 14.6. The van der Waals surface area contributed by atoms with Gasteiger partial charge in [0, 0.05) is 24.6 Å². The van der Waals surface area contributed by atoms with Gasteiger partial charge in [-0.05, 0) is 24.3 Å². The van der Waals surface area contributed by atoms with Crippen LogP contribution in [0.3, 0.4) is 0 Å². The number of hydrogen-bond donors (Lipinski definition) is 2. The van der Waals surface area contributed by atoms with Gasteiger partial charge in [-0.3, -0.25) is 4.68 Å². The number of anilines is 1. The van der Waals surface area contributed by atoms with Crippen LogP contribution < -0.4 is 5.32 Å². The molecule has 1 unspecified atom stereocenters. The number of aromatic nitrogens is 2. The highest BCUT2D eigenvalue weighted by atomic mass is 19.4. The van der Waals surface area contributed by atoms with Crippen molar-refractivity contribution in [1.82, 2.24) is 9.78 Å². The highest BCUT2D eigenvalue weighted by Gasteiger charge is 2.30. The lowest BCUT2D eigenvalue weighted by molar-refractivity contribution is -0.137. The minimum absolute atomic E-state index is 0.140. The molecule has 0 radical (unpaired) electrons. The molecule has 1 aromatic heterocycles. The van der Waals surface area contributed by atoms with Crippen molar-refractivity contribution in [3.05, 3.63) is 48.3 Å². The first-order valence-corrected chi connectivity index (χ1v) is 6.02. The molecule has 0 aliphatic carbocycles. The summed E-state index contributed by atoms with van der Waals surface area (Å²) < 4.78 is 39.1. The molecule has 108 valence electrons. The predicted molar refractivity (Wildman–Crippen MR) is 68.2 cm³/mol. The quantitative estimate of drug-likeness (QED) is 0.886. The topological polar surface area (TPSA) is 50.1 Å². The first-order chi connectivity index (χ1) is 9.45. The smallest absolute Gasteiger partial charge is 0.389 e. The zero-order valence-corrected chi connectivity index (χ0v) is 10.5. The molecule has 0 saturated heterocycles. The molecule has 0 aliphatic rings. The Morgan fingerprint density at radius 2 is 2.10 bits per heavy atom. The fourth-order valence-electron chi connectivity index (χ4n) is 1.73. The first kappa shape index (κ1) is 14.4. The minimum atomic E-state index is -4.37. The first-order valence-electron chi connectivity index (χ1n) is 6.02. The number of aliphatic hydroxyl groups excluding tert-OH is 1. The second kappa shape index (κ2) is 5.96. The molecule has 2 rings (SSSR count). The van der Waals surface area contributed by atoms with E-state index in [2.05, 4.69) is 10.4 Å². The largest absolute Gasteiger partial charge is 0.416 e. The molecule has 20 heavy (non-hydrogen) atoms. The molecule has 4 nitrogen and oxygen atoms in total. The highest BCUT2D eigenvalue weighted by molar-refractivity contribution is 5.46. The average molecular weight is 285 g/mol. The maximum absolute atomic E-state index is 12.5. The third-order valence-corrected chi connectivity index (χ3v) is 2.69. The summed E-state index contributed by atoms with van der Waals surface area (Å²) in [5, 5.41) is 16.5. The molecule has 0 bridgehead atoms. The molecule has 0 amide bonds. The van der Waals surface area contributed by atoms with E-state index in [1.165, 1.54) is 12.1 Å². The van der Waals surface area contributed by atoms with Crippen LogP contribution in [-0.4, -0.2) is 27.5 Å². The van der Waals surface area contributed by atoms with Crippen molar-refractivity contribution < 1.29 is 18.3 Å². The van der Waals surface area contributed by atoms with E-state index in [1.807, 2.05) is 0 Å². The maximum atomic E-state index is 12.5. The Labute approximate surface area is 113 Å². The van der Waals surface area contributed by atoms with Crippen LogP contribution in [-0.2, 0) is 12.7 Å². The number of nitrogens with zero attached hydrogens (tertiary/aromatic N) is 2. The summed E-state index contributed by atoms with van der Waals surface area (Å²) in [7, 11) is 0. The van der Waals surface area contributed by atoms with E-state index in [0.717, 1.165) is 12.1 Å². The number of hydrogen-bond acceptors (Lipinski definition) is 3. The van der Waals surface area contributed by atoms with Gasteiger partial charge in [0.05, 0.1) is 18.2 Å². The molecule has 2 aromatic rings. The molecule has 0 spiro atoms. The van der Waals surface area contributed by atoms with Gasteiger partial charge in [-0.25, -0.2) is 0 Å². The van der Waals surface area contributed by atoms with Crippen LogP contribution in [0.4, 0.5) is 18.9 Å². The molecule has 0 fully saturated rings. The molecule has 2 N–H and O–H groups in total. The summed E-state index contributed by atoms with van der Waals surface area (Å²) in [4.78, 5) is 0. The van der Waals surface area contributed by atoms with E-state index in [1.54, 1.807) is 23.1 Å². The fraction of sp³-hybridized carbons (Fsp3) is 0.308. The van der Waals surface area contributed by atoms with Crippen LogP contribution in [0, 0.1) is 0 Å². The minimum Gasteiger partial charge on any atom is -0.389 e. The summed E-state index contributed by atoms with van der Waals surface area (Å²) >= 11 is 0. The number of aliphatic hydroxyl groups is 1. The zero-order valence-electron chi connectivity index (χ0n) is 10.5. The second-order valence-electron chi connectivity index (χ2n) is 4.34. The van der Waals surface area contributed by atoms with Gasteiger partial charge < -0.3 is 10.4 Å². The third kappa shape index (κ3) is 3.99. The Kier molecular flexibility index (Phi) is 4.29. The lowest BCUT2D eigenvalue weighted by Crippen LogP contribution is -2.25. The highest BCUT2D eigenvalue weighted by Crippen LogP contribution is 2.30. The van der Waals surface area contributed by atoms with Crippen LogP contribution in [0.5, 0.6) is 0 Å². The summed E-state index contributed by atoms with van der Waals surface area (Å²) in [6.07, 6.45) is -1.82. The van der Waals surface area contributed by atoms with E-state index in [9.17, 15) is 18.3 Å². The normalized spacial score (nSPS) is 13.2. The lowest BCUT2D eigenvalue weighted by atomic mass is 10.2. The SMILES string of the molecule is OC(CNc1cccc(C(F)(F)F)c1)Cn1cccn1. The van der Waals surface area contributed by atoms with Gasteiger partial charge in [-0.1, -0.05) is 6.07 Å². The van der Waals surface area contributed by atoms with Crippen molar-refractivity contribution in [2.45, 2.75) is 18.8 Å². The number of alkyl halides is 3. The summed E-state index contributed by atoms with van der Waals surface area (Å²) in [5.41, 5.74) is -0.400. The number of nitrogens with one attached hydrogen (secondary N) is 1. The molecule has 1 heterocycles. The van der Waals surface area contributed by atoms with Gasteiger partial charge in [-0.2, -0.15) is 18.3 Å². The average Bonchev–Trinajstić information content (AvgIpc) is 2.88. The van der Waals surface area contributed by atoms with Crippen LogP contribution >= 0.6 is 0 Å². The molecule has 1 aromatic carbocycles. The number of halogens is 3. The van der Waals surface area contributed by atoms with E-state index in [-0.39, 0.29) is 13.1 Å². The lowest BCUT2D eigenvalue weighted by Gasteiger charge is -2.14. The molecule has 0 aliphatic heterocycles. The Morgan fingerprint density at radius 3 is 2.75 bits per heavy atom. The molecular weight excluding hydrogens is 271 g/mol. The Hall–Kier alpha value is -2.02. The van der Waals surface area contributed by atoms with Crippen molar-refractivity contribution in [3.63, 3.8) is 0 Å². The summed E-state index contributed by atoms with van der Waals surface area (Å²) in [6, 6.07) is 6.60. The number of benzene rings is 1. The fourth-order valence-corrected chi connectivity index (χ4v) is 1.73. The van der Waals surface area contributed by atoms with Crippen molar-refractivity contribution in [3.8, 4) is 0 Å². The monoisotopic (exact) mass is 285 g/mol. The van der Waals surface area contributed by atoms with Crippen molar-refractivity contribution in [1.29, 1.82) is 0 Å². The van der Waals surface area contributed by atoms with Crippen LogP contribution in [0.1, 0.15) is 5.56 Å². The van der Waals surface area contributed by atoms with Gasteiger partial charge in [0.25, 0.3) is 0 Å². The van der Waals surface area contributed by atoms with E-state index >= 15 is 0 Å². The van der Waals surface area contributed by atoms with Crippen LogP contribution in [0.15, 0.2) is 42.7 Å². The Bertz CT molecular complexity index is 540. The number of rotatable bonds is 5. The second-order valence-corrected chi connectivity index (χ2v) is 4.34. The van der Waals surface area contributed by atoms with Gasteiger partial charge in [0.2, 0.25) is 0 Å². The molecule has 0 saturated carbocycles. The Balaban J connectivity index is 1.90. The predicted octanol–water partition coefficient (Wildman–Crippen LogP) is 2.37. The summed E-state index contributed by atoms with van der Waals surface area (Å²) in [6.45, 7) is 0.417. The van der Waals surface area contributed by atoms with E-state index in [4.69, 9.17) is 0 Å². The van der Waals surface area contributed by atoms with Gasteiger partial charge >= 0.3 is 6.18 Å². The third-order valence-electron chi connectivity index (χ3n) is 2.69. The van der Waals surface area contributed by atoms with Gasteiger partial charge in [0.15, 0.2) is 0 Å². The van der Waals surface area contributed by atoms with Crippen LogP contribution in [0.2, 0.25) is 0 Å². The Morgan fingerprint density at radius 1 is 1.30 bits per heavy atom. The van der Waals surface area contributed by atoms with Gasteiger partial charge in [-0.15, -0.1) is 0 Å². The van der Waals surface area contributed by atoms with E-state index < -0.39 is 17.8 Å². The van der Waals surface area contributed by atoms with Gasteiger partial charge in [0.1, 0.15) is 0 Å². The van der Waals surface area contributed by atoms with E-state index in [0.29, 0.717) is 5.69 Å². The summed E-state index contributed by atoms with van der Waals surface area (Å²) in [5.74, 6) is 0. The standard InChI is InChI=1S/C13H14F3N3O/c14-13(15,16)10-3-1-4-11(7-10)17-8-12(20)9-19-6-2-5-18-19/h1-7,12,17,20H,8-9H2. The maximum Gasteiger partial charge on any atom is 0.416 e. The molecule has 1 atom stereocenters. The van der Waals surface area contributed by atoms with Crippen molar-refractivity contribution in [2.24, 2.45) is 0 Å². The molecular formula is C13H14F3N3O. The molecule has 7 heteroatoms. The van der Waals surface area contributed by atoms with Crippen molar-refractivity contribution in [2.75, 3.05) is 11.9 Å². The van der Waals surface area contributed by atoms with Crippen LogP contribution in [0.25, 0.3) is 0 Å².